The molecule has 2 saturated heterocycles. The third-order valence-electron chi connectivity index (χ3n) is 12.7. The number of thiazole rings is 1. The first-order valence-electron chi connectivity index (χ1n) is 21.9. The van der Waals surface area contributed by atoms with Crippen LogP contribution >= 0.6 is 11.3 Å². The first kappa shape index (κ1) is 46.1. The molecule has 0 saturated carbocycles. The number of aromatic nitrogens is 3. The number of likely N-dealkylation sites (tertiary alicyclic amines) is 1. The lowest BCUT2D eigenvalue weighted by atomic mass is 9.84. The molecule has 0 spiro atoms. The van der Waals surface area contributed by atoms with Gasteiger partial charge in [0.15, 0.2) is 0 Å². The van der Waals surface area contributed by atoms with E-state index in [2.05, 4.69) is 59.2 Å². The van der Waals surface area contributed by atoms with E-state index >= 15 is 0 Å². The van der Waals surface area contributed by atoms with E-state index in [1.807, 2.05) is 52.4 Å². The molecule has 6 heterocycles. The topological polar surface area (TPSA) is 175 Å². The van der Waals surface area contributed by atoms with Gasteiger partial charge in [0.25, 0.3) is 5.91 Å². The zero-order valence-electron chi connectivity index (χ0n) is 38.2. The Morgan fingerprint density at radius 2 is 1.89 bits per heavy atom. The van der Waals surface area contributed by atoms with E-state index in [4.69, 9.17) is 19.4 Å². The highest BCUT2D eigenvalue weighted by atomic mass is 32.1. The van der Waals surface area contributed by atoms with Crippen LogP contribution in [0.3, 0.4) is 0 Å². The Kier molecular flexibility index (Phi) is 13.6. The second-order valence-corrected chi connectivity index (χ2v) is 19.4. The highest BCUT2D eigenvalue weighted by Gasteiger charge is 2.43. The SMILES string of the molecule is CCn1c(-c2cccnc2[C@H](C)OC)c2c3cc(ccc31)-c1csc(n1)[C@@H](O)[C@H](NC(=O)C(C(C)C)N(C)C(=O)N1CC(N(C)C)C1)C(=O)N1CCC[C@H](N1)C(=O)OCC(C)(C)C2. The number of urea groups is 1. The van der Waals surface area contributed by atoms with Crippen molar-refractivity contribution in [2.75, 3.05) is 54.5 Å². The van der Waals surface area contributed by atoms with E-state index in [0.717, 1.165) is 39.0 Å². The second kappa shape index (κ2) is 18.6. The molecule has 3 aromatic heterocycles. The van der Waals surface area contributed by atoms with Crippen LogP contribution in [0.15, 0.2) is 41.9 Å². The van der Waals surface area contributed by atoms with E-state index in [0.29, 0.717) is 44.6 Å². The summed E-state index contributed by atoms with van der Waals surface area (Å²) < 4.78 is 14.2. The van der Waals surface area contributed by atoms with E-state index < -0.39 is 47.4 Å². The number of nitrogens with one attached hydrogen (secondary N) is 2. The number of methoxy groups -OCH3 is 1. The number of nitrogens with zero attached hydrogens (tertiary/aromatic N) is 7. The summed E-state index contributed by atoms with van der Waals surface area (Å²) in [6.45, 7) is 14.0. The highest BCUT2D eigenvalue weighted by molar-refractivity contribution is 7.10. The van der Waals surface area contributed by atoms with Gasteiger partial charge in [-0.3, -0.25) is 24.4 Å². The minimum Gasteiger partial charge on any atom is -0.464 e. The van der Waals surface area contributed by atoms with Crippen molar-refractivity contribution < 1.29 is 33.8 Å². The van der Waals surface area contributed by atoms with E-state index in [9.17, 15) is 24.3 Å². The molecular formula is C46H63N9O7S. The van der Waals surface area contributed by atoms with Gasteiger partial charge in [0, 0.05) is 85.4 Å². The van der Waals surface area contributed by atoms with Crippen molar-refractivity contribution in [1.82, 2.24) is 45.0 Å². The third kappa shape index (κ3) is 9.21. The molecule has 5 atom stereocenters. The maximum atomic E-state index is 14.6. The maximum absolute atomic E-state index is 14.6. The number of amides is 4. The lowest BCUT2D eigenvalue weighted by Crippen LogP contribution is -2.65. The number of aliphatic hydroxyl groups is 1. The van der Waals surface area contributed by atoms with Crippen LogP contribution in [0.2, 0.25) is 0 Å². The number of carbonyl (C=O) groups excluding carboxylic acids is 4. The largest absolute Gasteiger partial charge is 0.464 e. The Hall–Kier alpha value is -4.94. The molecule has 16 nitrogen and oxygen atoms in total. The van der Waals surface area contributed by atoms with Crippen molar-refractivity contribution in [3.05, 3.63) is 58.2 Å². The Bertz CT molecular complexity index is 2340. The van der Waals surface area contributed by atoms with Gasteiger partial charge in [-0.05, 0) is 83.0 Å². The fourth-order valence-corrected chi connectivity index (χ4v) is 9.90. The van der Waals surface area contributed by atoms with Crippen molar-refractivity contribution in [2.45, 2.75) is 104 Å². The van der Waals surface area contributed by atoms with Gasteiger partial charge in [-0.1, -0.05) is 33.8 Å². The minimum atomic E-state index is -1.57. The van der Waals surface area contributed by atoms with Crippen molar-refractivity contribution >= 4 is 46.1 Å². The van der Waals surface area contributed by atoms with Crippen LogP contribution in [-0.2, 0) is 36.8 Å². The number of hydrazine groups is 1. The molecule has 4 aromatic rings. The molecule has 3 N–H and O–H groups in total. The third-order valence-corrected chi connectivity index (χ3v) is 13.7. The van der Waals surface area contributed by atoms with E-state index in [1.54, 1.807) is 25.3 Å². The van der Waals surface area contributed by atoms with Gasteiger partial charge in [0.2, 0.25) is 5.91 Å². The molecule has 6 bridgehead atoms. The normalized spacial score (nSPS) is 21.8. The first-order valence-corrected chi connectivity index (χ1v) is 22.8. The zero-order valence-corrected chi connectivity index (χ0v) is 39.0. The summed E-state index contributed by atoms with van der Waals surface area (Å²) in [6.07, 6.45) is 1.38. The number of pyridine rings is 1. The molecule has 7 rings (SSSR count). The number of esters is 1. The number of aryl methyl sites for hydroxylation is 1. The van der Waals surface area contributed by atoms with Crippen molar-refractivity contribution in [2.24, 2.45) is 11.3 Å². The Balaban J connectivity index is 1.30. The Morgan fingerprint density at radius 1 is 1.14 bits per heavy atom. The van der Waals surface area contributed by atoms with Crippen molar-refractivity contribution in [3.8, 4) is 22.5 Å². The summed E-state index contributed by atoms with van der Waals surface area (Å²) in [5, 5.41) is 19.4. The van der Waals surface area contributed by atoms with Crippen LogP contribution in [0.25, 0.3) is 33.4 Å². The van der Waals surface area contributed by atoms with Gasteiger partial charge in [-0.25, -0.2) is 15.2 Å². The van der Waals surface area contributed by atoms with Crippen LogP contribution in [-0.4, -0.2) is 142 Å². The predicted molar refractivity (Wildman–Crippen MR) is 241 cm³/mol. The standard InChI is InChI=1S/C46H63N9O7S/c1-11-54-35-17-16-28-20-31(35)32(39(54)30-14-12-18-47-36(30)27(4)61-10)21-46(5,6)25-62-44(59)33-15-13-19-55(50-33)43(58)37(40(56)42-48-34(28)24-63-42)49-41(57)38(26(2)3)52(9)45(60)53-22-29(23-53)51(7)8/h12,14,16-18,20,24,26-27,29,33,37-38,40,50,56H,11,13,15,19,21-23,25H2,1-10H3,(H,49,57)/t27-,33-,37-,38?,40-/m0/s1. The summed E-state index contributed by atoms with van der Waals surface area (Å²) in [5.41, 5.74) is 8.78. The second-order valence-electron chi connectivity index (χ2n) is 18.5. The fourth-order valence-electron chi connectivity index (χ4n) is 9.05. The number of hydrogen-bond acceptors (Lipinski definition) is 12. The van der Waals surface area contributed by atoms with Gasteiger partial charge in [0.05, 0.1) is 29.8 Å². The average molecular weight is 886 g/mol. The molecule has 0 aliphatic carbocycles. The summed E-state index contributed by atoms with van der Waals surface area (Å²) in [7, 11) is 7.19. The average Bonchev–Trinajstić information content (AvgIpc) is 3.85. The molecule has 17 heteroatoms. The predicted octanol–water partition coefficient (Wildman–Crippen LogP) is 5.02. The highest BCUT2D eigenvalue weighted by Crippen LogP contribution is 2.42. The number of rotatable bonds is 9. The molecular weight excluding hydrogens is 823 g/mol. The number of hydrogen-bond donors (Lipinski definition) is 3. The van der Waals surface area contributed by atoms with Crippen LogP contribution in [0.1, 0.15) is 82.9 Å². The molecule has 4 amide bonds. The summed E-state index contributed by atoms with van der Waals surface area (Å²) in [5.74, 6) is -2.08. The summed E-state index contributed by atoms with van der Waals surface area (Å²) >= 11 is 1.19. The van der Waals surface area contributed by atoms with Crippen LogP contribution in [0, 0.1) is 11.3 Å². The molecule has 2 fully saturated rings. The van der Waals surface area contributed by atoms with E-state index in [-0.39, 0.29) is 42.3 Å². The minimum absolute atomic E-state index is 0.104. The molecule has 63 heavy (non-hydrogen) atoms. The summed E-state index contributed by atoms with van der Waals surface area (Å²) in [4.78, 5) is 71.3. The van der Waals surface area contributed by atoms with Crippen molar-refractivity contribution in [3.63, 3.8) is 0 Å². The lowest BCUT2D eigenvalue weighted by molar-refractivity contribution is -0.156. The summed E-state index contributed by atoms with van der Waals surface area (Å²) in [6, 6.07) is 6.81. The number of aliphatic hydroxyl groups excluding tert-OH is 1. The van der Waals surface area contributed by atoms with Gasteiger partial charge in [-0.2, -0.15) is 0 Å². The number of benzene rings is 1. The number of cyclic esters (lactones) is 1. The maximum Gasteiger partial charge on any atom is 0.324 e. The molecule has 340 valence electrons. The van der Waals surface area contributed by atoms with E-state index in [1.165, 1.54) is 21.2 Å². The zero-order chi connectivity index (χ0) is 45.5. The van der Waals surface area contributed by atoms with Crippen LogP contribution < -0.4 is 10.7 Å². The van der Waals surface area contributed by atoms with Crippen LogP contribution in [0.5, 0.6) is 0 Å². The number of ether oxygens (including phenoxy) is 2. The Labute approximate surface area is 373 Å². The van der Waals surface area contributed by atoms with Crippen molar-refractivity contribution in [1.29, 1.82) is 0 Å². The van der Waals surface area contributed by atoms with Crippen LogP contribution in [0.4, 0.5) is 4.79 Å². The molecule has 1 unspecified atom stereocenters. The monoisotopic (exact) mass is 885 g/mol. The molecule has 1 aromatic carbocycles. The fraction of sp³-hybridized carbons (Fsp3) is 0.565. The smallest absolute Gasteiger partial charge is 0.324 e. The number of fused-ring (bicyclic) bond motifs is 6. The number of carbonyl (C=O) groups is 4. The first-order chi connectivity index (χ1) is 29.9. The Morgan fingerprint density at radius 3 is 2.57 bits per heavy atom. The number of likely N-dealkylation sites (N-methyl/N-ethyl adjacent to an activating group) is 2. The quantitative estimate of drug-likeness (QED) is 0.193. The van der Waals surface area contributed by atoms with Gasteiger partial charge < -0.3 is 39.2 Å². The lowest BCUT2D eigenvalue weighted by Gasteiger charge is -2.45. The van der Waals surface area contributed by atoms with Gasteiger partial charge in [-0.15, -0.1) is 11.3 Å². The van der Waals surface area contributed by atoms with Gasteiger partial charge in [0.1, 0.15) is 29.2 Å². The molecule has 0 radical (unpaired) electrons. The molecule has 3 aliphatic heterocycles. The molecule has 3 aliphatic rings. The van der Waals surface area contributed by atoms with Gasteiger partial charge >= 0.3 is 12.0 Å².